The summed E-state index contributed by atoms with van der Waals surface area (Å²) in [5.74, 6) is 0.981. The molecule has 1 aromatic carbocycles. The lowest BCUT2D eigenvalue weighted by atomic mass is 10.0. The first-order valence-corrected chi connectivity index (χ1v) is 5.33. The van der Waals surface area contributed by atoms with Gasteiger partial charge in [0.2, 0.25) is 0 Å². The number of nitrogens with zero attached hydrogens (tertiary/aromatic N) is 1. The Balaban J connectivity index is 2.06. The zero-order valence-electron chi connectivity index (χ0n) is 9.03. The van der Waals surface area contributed by atoms with Crippen LogP contribution in [0.5, 0.6) is 5.75 Å². The summed E-state index contributed by atoms with van der Waals surface area (Å²) in [6, 6.07) is 6.11. The summed E-state index contributed by atoms with van der Waals surface area (Å²) in [5, 5.41) is 6.83. The highest BCUT2D eigenvalue weighted by molar-refractivity contribution is 5.73. The molecule has 1 aliphatic heterocycles. The van der Waals surface area contributed by atoms with Gasteiger partial charge in [-0.1, -0.05) is 0 Å². The van der Waals surface area contributed by atoms with Gasteiger partial charge in [-0.25, -0.2) is 0 Å². The van der Waals surface area contributed by atoms with Crippen LogP contribution in [0.3, 0.4) is 0 Å². The molecular formula is C12H13N3O. The first kappa shape index (κ1) is 9.27. The summed E-state index contributed by atoms with van der Waals surface area (Å²) in [6.07, 6.45) is 2.85. The van der Waals surface area contributed by atoms with Crippen LogP contribution in [0.4, 0.5) is 5.69 Å². The number of aromatic nitrogens is 2. The van der Waals surface area contributed by atoms with Gasteiger partial charge < -0.3 is 10.5 Å². The van der Waals surface area contributed by atoms with E-state index in [9.17, 15) is 0 Å². The van der Waals surface area contributed by atoms with Crippen LogP contribution in [0.15, 0.2) is 24.4 Å². The maximum absolute atomic E-state index is 5.82. The van der Waals surface area contributed by atoms with Gasteiger partial charge in [-0.2, -0.15) is 5.10 Å². The molecule has 0 amide bonds. The van der Waals surface area contributed by atoms with Gasteiger partial charge in [0, 0.05) is 12.0 Å². The van der Waals surface area contributed by atoms with Crippen molar-refractivity contribution in [2.24, 2.45) is 0 Å². The predicted molar refractivity (Wildman–Crippen MR) is 62.2 cm³/mol. The number of ether oxygens (including phenoxy) is 1. The molecule has 3 N–H and O–H groups in total. The fourth-order valence-electron chi connectivity index (χ4n) is 2.10. The van der Waals surface area contributed by atoms with E-state index in [0.29, 0.717) is 5.69 Å². The summed E-state index contributed by atoms with van der Waals surface area (Å²) < 4.78 is 5.65. The Morgan fingerprint density at radius 3 is 3.12 bits per heavy atom. The van der Waals surface area contributed by atoms with Crippen LogP contribution in [0.1, 0.15) is 12.5 Å². The standard InChI is InChI=1S/C12H13N3O/c1-7-4-9-5-8(2-3-11(9)16-7)12-10(13)6-14-15-12/h2-3,5-7H,4,13H2,1H3,(H,14,15). The summed E-state index contributed by atoms with van der Waals surface area (Å²) in [7, 11) is 0. The van der Waals surface area contributed by atoms with E-state index in [1.807, 2.05) is 12.1 Å². The van der Waals surface area contributed by atoms with E-state index >= 15 is 0 Å². The molecule has 82 valence electrons. The molecule has 0 saturated carbocycles. The Labute approximate surface area is 93.4 Å². The Morgan fingerprint density at radius 2 is 2.38 bits per heavy atom. The Hall–Kier alpha value is -1.97. The molecular weight excluding hydrogens is 202 g/mol. The van der Waals surface area contributed by atoms with Crippen LogP contribution >= 0.6 is 0 Å². The molecule has 4 heteroatoms. The van der Waals surface area contributed by atoms with E-state index in [0.717, 1.165) is 23.4 Å². The van der Waals surface area contributed by atoms with Gasteiger partial charge >= 0.3 is 0 Å². The van der Waals surface area contributed by atoms with Crippen molar-refractivity contribution < 1.29 is 4.74 Å². The molecule has 0 fully saturated rings. The lowest BCUT2D eigenvalue weighted by molar-refractivity contribution is 0.254. The second-order valence-corrected chi connectivity index (χ2v) is 4.16. The van der Waals surface area contributed by atoms with Crippen LogP contribution in [0.2, 0.25) is 0 Å². The van der Waals surface area contributed by atoms with Crippen LogP contribution in [0, 0.1) is 0 Å². The second-order valence-electron chi connectivity index (χ2n) is 4.16. The lowest BCUT2D eigenvalue weighted by Gasteiger charge is -2.03. The van der Waals surface area contributed by atoms with Crippen molar-refractivity contribution in [3.8, 4) is 17.0 Å². The van der Waals surface area contributed by atoms with Gasteiger partial charge in [-0.05, 0) is 30.7 Å². The number of nitrogens with one attached hydrogen (secondary N) is 1. The molecule has 1 atom stereocenters. The summed E-state index contributed by atoms with van der Waals surface area (Å²) in [4.78, 5) is 0. The number of rotatable bonds is 1. The maximum Gasteiger partial charge on any atom is 0.123 e. The molecule has 0 radical (unpaired) electrons. The largest absolute Gasteiger partial charge is 0.490 e. The third-order valence-electron chi connectivity index (χ3n) is 2.85. The number of benzene rings is 1. The van der Waals surface area contributed by atoms with Crippen molar-refractivity contribution in [3.05, 3.63) is 30.0 Å². The molecule has 1 aliphatic rings. The van der Waals surface area contributed by atoms with Crippen molar-refractivity contribution in [1.29, 1.82) is 0 Å². The quantitative estimate of drug-likeness (QED) is 0.764. The zero-order valence-corrected chi connectivity index (χ0v) is 9.03. The zero-order chi connectivity index (χ0) is 11.1. The molecule has 1 unspecified atom stereocenters. The first-order valence-electron chi connectivity index (χ1n) is 5.33. The SMILES string of the molecule is CC1Cc2cc(-c3[nH]ncc3N)ccc2O1. The minimum absolute atomic E-state index is 0.268. The molecule has 0 bridgehead atoms. The molecule has 2 aromatic rings. The number of hydrogen-bond donors (Lipinski definition) is 2. The average Bonchev–Trinajstić information content (AvgIpc) is 2.81. The molecule has 3 rings (SSSR count). The lowest BCUT2D eigenvalue weighted by Crippen LogP contribution is -2.05. The number of hydrogen-bond acceptors (Lipinski definition) is 3. The molecule has 0 saturated heterocycles. The molecule has 1 aromatic heterocycles. The average molecular weight is 215 g/mol. The van der Waals surface area contributed by atoms with Crippen LogP contribution in [-0.2, 0) is 6.42 Å². The highest BCUT2D eigenvalue weighted by Gasteiger charge is 2.19. The minimum atomic E-state index is 0.268. The summed E-state index contributed by atoms with van der Waals surface area (Å²) >= 11 is 0. The highest BCUT2D eigenvalue weighted by Crippen LogP contribution is 2.33. The van der Waals surface area contributed by atoms with E-state index in [4.69, 9.17) is 10.5 Å². The summed E-state index contributed by atoms with van der Waals surface area (Å²) in [5.41, 5.74) is 9.67. The first-order chi connectivity index (χ1) is 7.74. The second kappa shape index (κ2) is 3.27. The molecule has 0 aliphatic carbocycles. The number of nitrogen functional groups attached to an aromatic ring is 1. The van der Waals surface area contributed by atoms with Gasteiger partial charge in [-0.3, -0.25) is 5.10 Å². The third kappa shape index (κ3) is 1.34. The van der Waals surface area contributed by atoms with Crippen LogP contribution in [-0.4, -0.2) is 16.3 Å². The fraction of sp³-hybridized carbons (Fsp3) is 0.250. The topological polar surface area (TPSA) is 63.9 Å². The third-order valence-corrected chi connectivity index (χ3v) is 2.85. The Kier molecular flexibility index (Phi) is 1.89. The van der Waals surface area contributed by atoms with Crippen LogP contribution in [0.25, 0.3) is 11.3 Å². The van der Waals surface area contributed by atoms with E-state index in [2.05, 4.69) is 23.2 Å². The van der Waals surface area contributed by atoms with Gasteiger partial charge in [0.25, 0.3) is 0 Å². The predicted octanol–water partition coefficient (Wildman–Crippen LogP) is 1.98. The number of nitrogens with two attached hydrogens (primary N) is 1. The summed E-state index contributed by atoms with van der Waals surface area (Å²) in [6.45, 7) is 2.07. The van der Waals surface area contributed by atoms with Crippen molar-refractivity contribution >= 4 is 5.69 Å². The van der Waals surface area contributed by atoms with Gasteiger partial charge in [0.15, 0.2) is 0 Å². The van der Waals surface area contributed by atoms with Crippen molar-refractivity contribution in [1.82, 2.24) is 10.2 Å². The van der Waals surface area contributed by atoms with Crippen LogP contribution < -0.4 is 10.5 Å². The number of anilines is 1. The van der Waals surface area contributed by atoms with Crippen molar-refractivity contribution in [3.63, 3.8) is 0 Å². The maximum atomic E-state index is 5.82. The minimum Gasteiger partial charge on any atom is -0.490 e. The van der Waals surface area contributed by atoms with E-state index in [-0.39, 0.29) is 6.10 Å². The van der Waals surface area contributed by atoms with Gasteiger partial charge in [-0.15, -0.1) is 0 Å². The number of aromatic amines is 1. The monoisotopic (exact) mass is 215 g/mol. The molecule has 2 heterocycles. The molecule has 4 nitrogen and oxygen atoms in total. The van der Waals surface area contributed by atoms with E-state index in [1.165, 1.54) is 5.56 Å². The Morgan fingerprint density at radius 1 is 1.50 bits per heavy atom. The molecule has 0 spiro atoms. The fourth-order valence-corrected chi connectivity index (χ4v) is 2.10. The van der Waals surface area contributed by atoms with Crippen molar-refractivity contribution in [2.45, 2.75) is 19.4 Å². The normalized spacial score (nSPS) is 18.2. The van der Waals surface area contributed by atoms with Gasteiger partial charge in [0.05, 0.1) is 17.6 Å². The van der Waals surface area contributed by atoms with Gasteiger partial charge in [0.1, 0.15) is 11.9 Å². The van der Waals surface area contributed by atoms with Crippen molar-refractivity contribution in [2.75, 3.05) is 5.73 Å². The highest BCUT2D eigenvalue weighted by atomic mass is 16.5. The smallest absolute Gasteiger partial charge is 0.123 e. The molecule has 16 heavy (non-hydrogen) atoms. The number of H-pyrrole nitrogens is 1. The number of fused-ring (bicyclic) bond motifs is 1. The Bertz CT molecular complexity index is 533. The van der Waals surface area contributed by atoms with E-state index < -0.39 is 0 Å². The van der Waals surface area contributed by atoms with E-state index in [1.54, 1.807) is 6.20 Å².